The fraction of sp³-hybridized carbons (Fsp3) is 0. The van der Waals surface area contributed by atoms with Gasteiger partial charge in [-0.25, -0.2) is 0 Å². The van der Waals surface area contributed by atoms with Gasteiger partial charge < -0.3 is 14.7 Å². The van der Waals surface area contributed by atoms with Crippen molar-refractivity contribution < 1.29 is 0 Å². The number of anilines is 6. The second-order valence-electron chi connectivity index (χ2n) is 17.4. The lowest BCUT2D eigenvalue weighted by Crippen LogP contribution is -2.24. The Morgan fingerprint density at radius 2 is 0.400 bits per heavy atom. The number of benzene rings is 10. The highest BCUT2D eigenvalue weighted by Crippen LogP contribution is 2.49. The van der Waals surface area contributed by atoms with E-state index in [1.54, 1.807) is 0 Å². The lowest BCUT2D eigenvalue weighted by atomic mass is 9.81. The summed E-state index contributed by atoms with van der Waals surface area (Å²) < 4.78 is 0. The maximum absolute atomic E-state index is 12.4. The minimum Gasteiger partial charge on any atom is -0.310 e. The SMILES string of the molecule is N#Cc1c(C(=Cc2ccccc2)N(c2ccccc2)c2ccccc2)c(C#N)c(C(=Cc2ccccc2)N(c2ccccc2)c2ccccc2)c(C#N)c1C(=Cc1ccccc1)N(c1ccccc1)c1ccccc1. The summed E-state index contributed by atoms with van der Waals surface area (Å²) in [7, 11) is 0. The molecule has 0 bridgehead atoms. The van der Waals surface area contributed by atoms with Gasteiger partial charge in [-0.1, -0.05) is 200 Å². The summed E-state index contributed by atoms with van der Waals surface area (Å²) in [5.74, 6) is 0. The van der Waals surface area contributed by atoms with E-state index < -0.39 is 0 Å². The maximum Gasteiger partial charge on any atom is 0.101 e. The highest BCUT2D eigenvalue weighted by atomic mass is 15.2. The van der Waals surface area contributed by atoms with Crippen LogP contribution in [-0.2, 0) is 0 Å². The van der Waals surface area contributed by atoms with E-state index in [1.165, 1.54) is 0 Å². The Hall–Kier alpha value is -10.7. The van der Waals surface area contributed by atoms with E-state index in [0.717, 1.165) is 50.8 Å². The molecule has 10 aromatic rings. The molecule has 0 unspecified atom stereocenters. The Morgan fingerprint density at radius 3 is 0.560 bits per heavy atom. The Morgan fingerprint density at radius 1 is 0.240 bits per heavy atom. The van der Waals surface area contributed by atoms with Crippen molar-refractivity contribution >= 4 is 69.4 Å². The monoisotopic (exact) mass is 960 g/mol. The molecule has 0 saturated carbocycles. The van der Waals surface area contributed by atoms with Crippen LogP contribution in [0.5, 0.6) is 0 Å². The van der Waals surface area contributed by atoms with Gasteiger partial charge in [0.15, 0.2) is 0 Å². The Kier molecular flexibility index (Phi) is 14.7. The summed E-state index contributed by atoms with van der Waals surface area (Å²) in [5, 5.41) is 37.1. The molecule has 0 saturated heterocycles. The van der Waals surface area contributed by atoms with Crippen molar-refractivity contribution in [2.45, 2.75) is 0 Å². The second-order valence-corrected chi connectivity index (χ2v) is 17.4. The predicted molar refractivity (Wildman–Crippen MR) is 309 cm³/mol. The first kappa shape index (κ1) is 47.9. The molecule has 75 heavy (non-hydrogen) atoms. The molecule has 0 heterocycles. The molecule has 354 valence electrons. The molecule has 0 aliphatic rings. The van der Waals surface area contributed by atoms with Crippen LogP contribution in [0, 0.1) is 34.0 Å². The molecule has 0 atom stereocenters. The normalized spacial score (nSPS) is 11.4. The molecule has 0 aromatic heterocycles. The average molecular weight is 961 g/mol. The molecular weight excluding hydrogens is 913 g/mol. The van der Waals surface area contributed by atoms with Crippen LogP contribution >= 0.6 is 0 Å². The molecule has 0 aliphatic heterocycles. The predicted octanol–water partition coefficient (Wildman–Crippen LogP) is 17.3. The van der Waals surface area contributed by atoms with Crippen LogP contribution < -0.4 is 14.7 Å². The average Bonchev–Trinajstić information content (AvgIpc) is 3.49. The van der Waals surface area contributed by atoms with E-state index in [0.29, 0.717) is 33.8 Å². The van der Waals surface area contributed by atoms with E-state index in [9.17, 15) is 15.8 Å². The van der Waals surface area contributed by atoms with Gasteiger partial charge in [0, 0.05) is 50.8 Å². The van der Waals surface area contributed by atoms with Crippen molar-refractivity contribution in [2.24, 2.45) is 0 Å². The van der Waals surface area contributed by atoms with Gasteiger partial charge >= 0.3 is 0 Å². The van der Waals surface area contributed by atoms with Crippen molar-refractivity contribution in [3.05, 3.63) is 323 Å². The molecule has 10 rings (SSSR count). The lowest BCUT2D eigenvalue weighted by molar-refractivity contribution is 1.22. The molecule has 0 spiro atoms. The van der Waals surface area contributed by atoms with E-state index in [1.807, 2.05) is 291 Å². The van der Waals surface area contributed by atoms with Crippen LogP contribution in [-0.4, -0.2) is 0 Å². The number of para-hydroxylation sites is 6. The first-order chi connectivity index (χ1) is 37.1. The fourth-order valence-corrected chi connectivity index (χ4v) is 9.46. The van der Waals surface area contributed by atoms with Crippen LogP contribution in [0.25, 0.3) is 35.3 Å². The molecule has 0 aliphatic carbocycles. The van der Waals surface area contributed by atoms with E-state index in [2.05, 4.69) is 32.9 Å². The third kappa shape index (κ3) is 10.4. The molecule has 0 fully saturated rings. The number of nitrogens with zero attached hydrogens (tertiary/aromatic N) is 6. The smallest absolute Gasteiger partial charge is 0.101 e. The van der Waals surface area contributed by atoms with E-state index in [4.69, 9.17) is 0 Å². The van der Waals surface area contributed by atoms with Gasteiger partial charge in [0.05, 0.1) is 33.8 Å². The Balaban J connectivity index is 1.48. The standard InChI is InChI=1S/C69H48N6/c70-49-61-67(64(46-52-28-10-1-11-29-52)73(55-34-16-4-17-35-55)56-36-18-5-19-37-56)62(50-71)69(66(48-54-32-14-3-15-33-54)75(59-42-24-8-25-43-59)60-44-26-9-27-45-60)63(51-72)68(61)65(47-53-30-12-2-13-31-53)74(57-38-20-6-21-39-57)58-40-22-7-23-41-58/h1-48H. The molecule has 6 heteroatoms. The zero-order valence-electron chi connectivity index (χ0n) is 40.9. The van der Waals surface area contributed by atoms with Crippen molar-refractivity contribution in [3.63, 3.8) is 0 Å². The van der Waals surface area contributed by atoms with Crippen LogP contribution in [0.1, 0.15) is 50.1 Å². The summed E-state index contributed by atoms with van der Waals surface area (Å²) in [4.78, 5) is 6.30. The molecule has 0 N–H and O–H groups in total. The van der Waals surface area contributed by atoms with Crippen molar-refractivity contribution in [2.75, 3.05) is 14.7 Å². The second kappa shape index (κ2) is 23.0. The van der Waals surface area contributed by atoms with Gasteiger partial charge in [-0.05, 0) is 108 Å². The minimum absolute atomic E-state index is 0.134. The van der Waals surface area contributed by atoms with Gasteiger partial charge in [0.1, 0.15) is 18.2 Å². The van der Waals surface area contributed by atoms with Crippen molar-refractivity contribution in [1.29, 1.82) is 15.8 Å². The summed E-state index contributed by atoms with van der Waals surface area (Å²) in [6.45, 7) is 0. The molecule has 10 aromatic carbocycles. The van der Waals surface area contributed by atoms with Gasteiger partial charge in [0.2, 0.25) is 0 Å². The largest absolute Gasteiger partial charge is 0.310 e. The van der Waals surface area contributed by atoms with E-state index >= 15 is 0 Å². The van der Waals surface area contributed by atoms with Gasteiger partial charge in [0.25, 0.3) is 0 Å². The number of hydrogen-bond donors (Lipinski definition) is 0. The summed E-state index contributed by atoms with van der Waals surface area (Å²) in [6.07, 6.45) is 6.11. The molecule has 0 radical (unpaired) electrons. The topological polar surface area (TPSA) is 81.1 Å². The first-order valence-corrected chi connectivity index (χ1v) is 24.6. The molecular formula is C69H48N6. The Bertz CT molecular complexity index is 3210. The number of hydrogen-bond acceptors (Lipinski definition) is 6. The highest BCUT2D eigenvalue weighted by molar-refractivity contribution is 6.08. The minimum atomic E-state index is 0.134. The van der Waals surface area contributed by atoms with Crippen molar-refractivity contribution in [1.82, 2.24) is 0 Å². The van der Waals surface area contributed by atoms with Crippen LogP contribution in [0.15, 0.2) is 273 Å². The highest BCUT2D eigenvalue weighted by Gasteiger charge is 2.36. The zero-order valence-corrected chi connectivity index (χ0v) is 40.9. The van der Waals surface area contributed by atoms with Gasteiger partial charge in [-0.3, -0.25) is 0 Å². The Labute approximate surface area is 439 Å². The summed E-state index contributed by atoms with van der Waals surface area (Å²) >= 11 is 0. The quantitative estimate of drug-likeness (QED) is 0.0952. The third-order valence-electron chi connectivity index (χ3n) is 12.7. The summed E-state index contributed by atoms with van der Waals surface area (Å²) in [5.41, 5.74) is 10.2. The maximum atomic E-state index is 12.4. The van der Waals surface area contributed by atoms with Gasteiger partial charge in [-0.2, -0.15) is 15.8 Å². The third-order valence-corrected chi connectivity index (χ3v) is 12.7. The number of rotatable bonds is 15. The summed E-state index contributed by atoms with van der Waals surface area (Å²) in [6, 6.07) is 97.8. The van der Waals surface area contributed by atoms with Crippen LogP contribution in [0.2, 0.25) is 0 Å². The molecule has 6 nitrogen and oxygen atoms in total. The first-order valence-electron chi connectivity index (χ1n) is 24.6. The van der Waals surface area contributed by atoms with Crippen molar-refractivity contribution in [3.8, 4) is 18.2 Å². The molecule has 0 amide bonds. The van der Waals surface area contributed by atoms with E-state index in [-0.39, 0.29) is 16.7 Å². The van der Waals surface area contributed by atoms with Crippen LogP contribution in [0.4, 0.5) is 34.1 Å². The number of nitriles is 3. The lowest BCUT2D eigenvalue weighted by Gasteiger charge is -2.35. The van der Waals surface area contributed by atoms with Crippen LogP contribution in [0.3, 0.4) is 0 Å². The zero-order chi connectivity index (χ0) is 51.2. The fourth-order valence-electron chi connectivity index (χ4n) is 9.46. The van der Waals surface area contributed by atoms with Gasteiger partial charge in [-0.15, -0.1) is 0 Å².